The van der Waals surface area contributed by atoms with Crippen molar-refractivity contribution in [1.29, 1.82) is 0 Å². The summed E-state index contributed by atoms with van der Waals surface area (Å²) >= 11 is 0. The zero-order valence-corrected chi connectivity index (χ0v) is 11.3. The Morgan fingerprint density at radius 2 is 2.10 bits per heavy atom. The van der Waals surface area contributed by atoms with Crippen LogP contribution in [0.3, 0.4) is 0 Å². The number of primary amides is 1. The third-order valence-corrected chi connectivity index (χ3v) is 3.38. The van der Waals surface area contributed by atoms with E-state index in [0.717, 1.165) is 11.3 Å². The highest BCUT2D eigenvalue weighted by atomic mass is 16.4. The number of rotatable bonds is 6. The number of amides is 2. The maximum Gasteiger partial charge on any atom is 0.326 e. The van der Waals surface area contributed by atoms with Crippen molar-refractivity contribution < 1.29 is 19.5 Å². The van der Waals surface area contributed by atoms with Gasteiger partial charge in [-0.05, 0) is 18.1 Å². The van der Waals surface area contributed by atoms with Gasteiger partial charge in [0.1, 0.15) is 12.1 Å². The van der Waals surface area contributed by atoms with Gasteiger partial charge in [0.2, 0.25) is 11.8 Å². The lowest BCUT2D eigenvalue weighted by atomic mass is 10.1. The van der Waals surface area contributed by atoms with E-state index in [9.17, 15) is 14.4 Å². The molecular formula is C14H17N3O4. The van der Waals surface area contributed by atoms with Crippen LogP contribution in [0.4, 0.5) is 5.69 Å². The molecule has 21 heavy (non-hydrogen) atoms. The van der Waals surface area contributed by atoms with Crippen LogP contribution in [0, 0.1) is 0 Å². The van der Waals surface area contributed by atoms with Gasteiger partial charge in [0.05, 0.1) is 0 Å². The van der Waals surface area contributed by atoms with Crippen molar-refractivity contribution in [2.75, 3.05) is 5.32 Å². The Kier molecular flexibility index (Phi) is 4.42. The molecule has 1 heterocycles. The summed E-state index contributed by atoms with van der Waals surface area (Å²) in [6.45, 7) is 0. The fraction of sp³-hybridized carbons (Fsp3) is 0.357. The van der Waals surface area contributed by atoms with Gasteiger partial charge in [-0.1, -0.05) is 18.2 Å². The second kappa shape index (κ2) is 6.25. The number of benzene rings is 1. The molecule has 7 nitrogen and oxygen atoms in total. The van der Waals surface area contributed by atoms with Crippen LogP contribution in [0.2, 0.25) is 0 Å². The van der Waals surface area contributed by atoms with Gasteiger partial charge in [-0.2, -0.15) is 0 Å². The molecule has 2 amide bonds. The summed E-state index contributed by atoms with van der Waals surface area (Å²) in [5.41, 5.74) is 6.89. The third-order valence-electron chi connectivity index (χ3n) is 3.38. The first kappa shape index (κ1) is 14.8. The lowest BCUT2D eigenvalue weighted by Gasteiger charge is -2.17. The number of anilines is 1. The molecule has 7 heteroatoms. The van der Waals surface area contributed by atoms with Gasteiger partial charge in [0.15, 0.2) is 0 Å². The smallest absolute Gasteiger partial charge is 0.326 e. The van der Waals surface area contributed by atoms with Crippen LogP contribution in [-0.4, -0.2) is 35.0 Å². The fourth-order valence-corrected chi connectivity index (χ4v) is 2.27. The van der Waals surface area contributed by atoms with Crippen molar-refractivity contribution in [2.24, 2.45) is 5.73 Å². The molecule has 0 aromatic heterocycles. The SMILES string of the molecule is NC(=O)CCC(NC(=O)[C@@H]1Cc2ccccc2N1)C(=O)O. The number of hydrogen-bond donors (Lipinski definition) is 4. The van der Waals surface area contributed by atoms with E-state index in [4.69, 9.17) is 10.8 Å². The number of aliphatic carboxylic acids is 1. The van der Waals surface area contributed by atoms with E-state index in [2.05, 4.69) is 10.6 Å². The minimum atomic E-state index is -1.18. The molecule has 2 rings (SSSR count). The van der Waals surface area contributed by atoms with Gasteiger partial charge in [-0.15, -0.1) is 0 Å². The number of hydrogen-bond acceptors (Lipinski definition) is 4. The van der Waals surface area contributed by atoms with Gasteiger partial charge in [0, 0.05) is 18.5 Å². The normalized spacial score (nSPS) is 17.4. The Balaban J connectivity index is 1.94. The van der Waals surface area contributed by atoms with E-state index in [1.54, 1.807) is 0 Å². The van der Waals surface area contributed by atoms with Gasteiger partial charge < -0.3 is 21.5 Å². The summed E-state index contributed by atoms with van der Waals surface area (Å²) in [5.74, 6) is -2.18. The summed E-state index contributed by atoms with van der Waals surface area (Å²) in [5, 5.41) is 14.6. The zero-order chi connectivity index (χ0) is 15.4. The molecule has 0 saturated carbocycles. The van der Waals surface area contributed by atoms with Crippen molar-refractivity contribution in [3.8, 4) is 0 Å². The lowest BCUT2D eigenvalue weighted by molar-refractivity contribution is -0.142. The van der Waals surface area contributed by atoms with E-state index in [-0.39, 0.29) is 12.8 Å². The number of fused-ring (bicyclic) bond motifs is 1. The van der Waals surface area contributed by atoms with Crippen molar-refractivity contribution in [3.63, 3.8) is 0 Å². The molecule has 0 fully saturated rings. The Hall–Kier alpha value is -2.57. The Morgan fingerprint density at radius 1 is 1.38 bits per heavy atom. The zero-order valence-electron chi connectivity index (χ0n) is 11.3. The molecule has 0 aliphatic carbocycles. The Bertz CT molecular complexity index is 548. The molecule has 1 aromatic rings. The van der Waals surface area contributed by atoms with Gasteiger partial charge in [-0.25, -0.2) is 4.79 Å². The van der Waals surface area contributed by atoms with Crippen LogP contribution in [-0.2, 0) is 20.8 Å². The molecule has 112 valence electrons. The Labute approximate surface area is 121 Å². The highest BCUT2D eigenvalue weighted by Gasteiger charge is 2.29. The maximum atomic E-state index is 12.1. The molecule has 0 radical (unpaired) electrons. The first-order valence-corrected chi connectivity index (χ1v) is 6.63. The quantitative estimate of drug-likeness (QED) is 0.581. The monoisotopic (exact) mass is 291 g/mol. The topological polar surface area (TPSA) is 122 Å². The third kappa shape index (κ3) is 3.71. The second-order valence-electron chi connectivity index (χ2n) is 4.96. The summed E-state index contributed by atoms with van der Waals surface area (Å²) in [4.78, 5) is 33.9. The average Bonchev–Trinajstić information content (AvgIpc) is 2.86. The maximum absolute atomic E-state index is 12.1. The molecule has 1 aromatic carbocycles. The molecule has 0 saturated heterocycles. The summed E-state index contributed by atoms with van der Waals surface area (Å²) in [7, 11) is 0. The van der Waals surface area contributed by atoms with Crippen molar-refractivity contribution in [1.82, 2.24) is 5.32 Å². The van der Waals surface area contributed by atoms with Crippen LogP contribution < -0.4 is 16.4 Å². The fourth-order valence-electron chi connectivity index (χ4n) is 2.27. The standard InChI is InChI=1S/C14H17N3O4/c15-12(18)6-5-10(14(20)21)17-13(19)11-7-8-3-1-2-4-9(8)16-11/h1-4,10-11,16H,5-7H2,(H2,15,18)(H,17,19)(H,20,21)/t10?,11-/m0/s1. The summed E-state index contributed by atoms with van der Waals surface area (Å²) < 4.78 is 0. The van der Waals surface area contributed by atoms with Crippen molar-refractivity contribution in [3.05, 3.63) is 29.8 Å². The molecule has 1 aliphatic rings. The number of para-hydroxylation sites is 1. The van der Waals surface area contributed by atoms with Crippen LogP contribution in [0.1, 0.15) is 18.4 Å². The predicted molar refractivity (Wildman–Crippen MR) is 75.6 cm³/mol. The number of nitrogens with two attached hydrogens (primary N) is 1. The predicted octanol–water partition coefficient (Wildman–Crippen LogP) is -0.142. The number of nitrogens with one attached hydrogen (secondary N) is 2. The molecule has 1 unspecified atom stereocenters. The van der Waals surface area contributed by atoms with E-state index < -0.39 is 29.9 Å². The van der Waals surface area contributed by atoms with E-state index in [1.807, 2.05) is 24.3 Å². The highest BCUT2D eigenvalue weighted by molar-refractivity contribution is 5.90. The van der Waals surface area contributed by atoms with Crippen LogP contribution in [0.5, 0.6) is 0 Å². The van der Waals surface area contributed by atoms with Crippen LogP contribution in [0.15, 0.2) is 24.3 Å². The lowest BCUT2D eigenvalue weighted by Crippen LogP contribution is -2.47. The number of carbonyl (C=O) groups is 3. The summed E-state index contributed by atoms with van der Waals surface area (Å²) in [6, 6.07) is 5.91. The van der Waals surface area contributed by atoms with Crippen molar-refractivity contribution in [2.45, 2.75) is 31.3 Å². The van der Waals surface area contributed by atoms with Crippen LogP contribution >= 0.6 is 0 Å². The molecule has 0 bridgehead atoms. The summed E-state index contributed by atoms with van der Waals surface area (Å²) in [6.07, 6.45) is 0.399. The van der Waals surface area contributed by atoms with Gasteiger partial charge in [-0.3, -0.25) is 9.59 Å². The molecule has 5 N–H and O–H groups in total. The van der Waals surface area contributed by atoms with Crippen LogP contribution in [0.25, 0.3) is 0 Å². The van der Waals surface area contributed by atoms with E-state index in [0.29, 0.717) is 6.42 Å². The number of carboxylic acids is 1. The highest BCUT2D eigenvalue weighted by Crippen LogP contribution is 2.25. The number of carbonyl (C=O) groups excluding carboxylic acids is 2. The first-order chi connectivity index (χ1) is 9.97. The Morgan fingerprint density at radius 3 is 2.71 bits per heavy atom. The van der Waals surface area contributed by atoms with E-state index in [1.165, 1.54) is 0 Å². The second-order valence-corrected chi connectivity index (χ2v) is 4.96. The molecular weight excluding hydrogens is 274 g/mol. The number of carboxylic acid groups (broad SMARTS) is 1. The van der Waals surface area contributed by atoms with E-state index >= 15 is 0 Å². The largest absolute Gasteiger partial charge is 0.480 e. The van der Waals surface area contributed by atoms with Crippen molar-refractivity contribution >= 4 is 23.5 Å². The average molecular weight is 291 g/mol. The molecule has 0 spiro atoms. The minimum Gasteiger partial charge on any atom is -0.480 e. The first-order valence-electron chi connectivity index (χ1n) is 6.63. The molecule has 1 aliphatic heterocycles. The molecule has 2 atom stereocenters. The van der Waals surface area contributed by atoms with Gasteiger partial charge >= 0.3 is 5.97 Å². The minimum absolute atomic E-state index is 0.0178. The van der Waals surface area contributed by atoms with Gasteiger partial charge in [0.25, 0.3) is 0 Å².